The summed E-state index contributed by atoms with van der Waals surface area (Å²) in [6.07, 6.45) is 3.34. The summed E-state index contributed by atoms with van der Waals surface area (Å²) in [6, 6.07) is 0.248. The largest absolute Gasteiger partial charge is 0.396 e. The molecule has 0 radical (unpaired) electrons. The van der Waals surface area contributed by atoms with Gasteiger partial charge >= 0.3 is 0 Å². The zero-order valence-corrected chi connectivity index (χ0v) is 10.8. The maximum absolute atomic E-state index is 11.7. The fourth-order valence-corrected chi connectivity index (χ4v) is 1.60. The summed E-state index contributed by atoms with van der Waals surface area (Å²) in [7, 11) is 1.85. The van der Waals surface area contributed by atoms with Crippen molar-refractivity contribution >= 4 is 5.91 Å². The molecule has 2 N–H and O–H groups in total. The number of nitrogens with zero attached hydrogens (tertiary/aromatic N) is 1. The van der Waals surface area contributed by atoms with Crippen LogP contribution in [-0.2, 0) is 4.79 Å². The Balaban J connectivity index is 3.64. The van der Waals surface area contributed by atoms with Crippen LogP contribution < -0.4 is 5.32 Å². The molecule has 0 bridgehead atoms. The average Bonchev–Trinajstić information content (AvgIpc) is 2.24. The molecule has 0 heterocycles. The molecule has 0 spiro atoms. The Labute approximate surface area is 99.0 Å². The quantitative estimate of drug-likeness (QED) is 0.581. The highest BCUT2D eigenvalue weighted by molar-refractivity contribution is 5.76. The van der Waals surface area contributed by atoms with Gasteiger partial charge in [-0.15, -0.1) is 0 Å². The van der Waals surface area contributed by atoms with E-state index in [1.807, 2.05) is 20.9 Å². The van der Waals surface area contributed by atoms with Gasteiger partial charge in [-0.3, -0.25) is 4.79 Å². The average molecular weight is 230 g/mol. The molecule has 1 unspecified atom stereocenters. The van der Waals surface area contributed by atoms with Crippen molar-refractivity contribution in [1.29, 1.82) is 0 Å². The molecule has 1 amide bonds. The molecule has 4 nitrogen and oxygen atoms in total. The van der Waals surface area contributed by atoms with E-state index in [4.69, 9.17) is 5.11 Å². The maximum atomic E-state index is 11.7. The van der Waals surface area contributed by atoms with E-state index in [9.17, 15) is 4.79 Å². The van der Waals surface area contributed by atoms with E-state index in [0.717, 1.165) is 32.4 Å². The van der Waals surface area contributed by atoms with Crippen molar-refractivity contribution in [2.24, 2.45) is 0 Å². The molecule has 0 saturated carbocycles. The molecule has 0 aliphatic rings. The Morgan fingerprint density at radius 1 is 1.38 bits per heavy atom. The van der Waals surface area contributed by atoms with Crippen molar-refractivity contribution in [3.63, 3.8) is 0 Å². The van der Waals surface area contributed by atoms with Gasteiger partial charge in [0, 0.05) is 32.7 Å². The van der Waals surface area contributed by atoms with Crippen LogP contribution in [0.4, 0.5) is 0 Å². The van der Waals surface area contributed by atoms with E-state index in [-0.39, 0.29) is 18.6 Å². The topological polar surface area (TPSA) is 52.6 Å². The molecule has 0 saturated heterocycles. The molecule has 0 rings (SSSR count). The monoisotopic (exact) mass is 230 g/mol. The predicted molar refractivity (Wildman–Crippen MR) is 66.3 cm³/mol. The smallest absolute Gasteiger partial charge is 0.223 e. The Kier molecular flexibility index (Phi) is 9.24. The molecule has 1 atom stereocenters. The lowest BCUT2D eigenvalue weighted by molar-refractivity contribution is -0.130. The van der Waals surface area contributed by atoms with Gasteiger partial charge in [0.15, 0.2) is 0 Å². The molecular formula is C12H26N2O2. The van der Waals surface area contributed by atoms with Crippen LogP contribution >= 0.6 is 0 Å². The van der Waals surface area contributed by atoms with Gasteiger partial charge in [0.25, 0.3) is 0 Å². The third-order valence-electron chi connectivity index (χ3n) is 2.61. The van der Waals surface area contributed by atoms with Crippen molar-refractivity contribution in [3.05, 3.63) is 0 Å². The van der Waals surface area contributed by atoms with E-state index < -0.39 is 0 Å². The minimum absolute atomic E-state index is 0.192. The fourth-order valence-electron chi connectivity index (χ4n) is 1.60. The second kappa shape index (κ2) is 9.60. The van der Waals surface area contributed by atoms with Crippen LogP contribution in [0.15, 0.2) is 0 Å². The number of carbonyl (C=O) groups is 1. The van der Waals surface area contributed by atoms with Gasteiger partial charge in [-0.1, -0.05) is 6.92 Å². The van der Waals surface area contributed by atoms with E-state index in [1.165, 1.54) is 0 Å². The lowest BCUT2D eigenvalue weighted by atomic mass is 10.2. The van der Waals surface area contributed by atoms with Gasteiger partial charge < -0.3 is 15.3 Å². The molecule has 0 fully saturated rings. The van der Waals surface area contributed by atoms with Crippen molar-refractivity contribution < 1.29 is 9.90 Å². The zero-order chi connectivity index (χ0) is 12.4. The first-order valence-corrected chi connectivity index (χ1v) is 6.20. The van der Waals surface area contributed by atoms with E-state index in [1.54, 1.807) is 4.90 Å². The highest BCUT2D eigenvalue weighted by Crippen LogP contribution is 2.00. The van der Waals surface area contributed by atoms with Gasteiger partial charge in [0.1, 0.15) is 0 Å². The molecule has 96 valence electrons. The molecule has 0 aliphatic carbocycles. The number of amides is 1. The van der Waals surface area contributed by atoms with Crippen LogP contribution in [0.1, 0.15) is 39.5 Å². The highest BCUT2D eigenvalue weighted by atomic mass is 16.2. The summed E-state index contributed by atoms with van der Waals surface area (Å²) in [5.41, 5.74) is 0. The number of hydrogen-bond acceptors (Lipinski definition) is 3. The first-order valence-electron chi connectivity index (χ1n) is 6.20. The van der Waals surface area contributed by atoms with Gasteiger partial charge in [-0.05, 0) is 32.7 Å². The molecule has 0 aromatic rings. The summed E-state index contributed by atoms with van der Waals surface area (Å²) in [6.45, 7) is 6.00. The Morgan fingerprint density at radius 3 is 2.62 bits per heavy atom. The van der Waals surface area contributed by atoms with Crippen LogP contribution in [0, 0.1) is 0 Å². The number of carbonyl (C=O) groups excluding carboxylic acids is 1. The number of rotatable bonds is 9. The summed E-state index contributed by atoms with van der Waals surface area (Å²) < 4.78 is 0. The minimum atomic E-state index is 0.192. The van der Waals surface area contributed by atoms with Gasteiger partial charge in [-0.2, -0.15) is 0 Å². The SMILES string of the molecule is CCNC(C)CC(=O)N(C)CCCCCO. The molecule has 16 heavy (non-hydrogen) atoms. The van der Waals surface area contributed by atoms with E-state index in [2.05, 4.69) is 5.32 Å². The van der Waals surface area contributed by atoms with Gasteiger partial charge in [-0.25, -0.2) is 0 Å². The standard InChI is InChI=1S/C12H26N2O2/c1-4-13-11(2)10-12(16)14(3)8-6-5-7-9-15/h11,13,15H,4-10H2,1-3H3. The van der Waals surface area contributed by atoms with Crippen molar-refractivity contribution in [3.8, 4) is 0 Å². The van der Waals surface area contributed by atoms with Crippen molar-refractivity contribution in [1.82, 2.24) is 10.2 Å². The number of nitrogens with one attached hydrogen (secondary N) is 1. The summed E-state index contributed by atoms with van der Waals surface area (Å²) >= 11 is 0. The molecule has 0 aliphatic heterocycles. The first kappa shape index (κ1) is 15.4. The number of aliphatic hydroxyl groups is 1. The highest BCUT2D eigenvalue weighted by Gasteiger charge is 2.11. The van der Waals surface area contributed by atoms with Gasteiger partial charge in [0.2, 0.25) is 5.91 Å². The van der Waals surface area contributed by atoms with Crippen LogP contribution in [0.3, 0.4) is 0 Å². The first-order chi connectivity index (χ1) is 7.61. The normalized spacial score (nSPS) is 12.5. The zero-order valence-electron chi connectivity index (χ0n) is 10.8. The third kappa shape index (κ3) is 7.65. The van der Waals surface area contributed by atoms with Crippen molar-refractivity contribution in [2.45, 2.75) is 45.6 Å². The summed E-state index contributed by atoms with van der Waals surface area (Å²) in [5, 5.41) is 11.9. The Bertz CT molecular complexity index is 186. The summed E-state index contributed by atoms with van der Waals surface area (Å²) in [4.78, 5) is 13.5. The van der Waals surface area contributed by atoms with Crippen LogP contribution in [0.25, 0.3) is 0 Å². The molecular weight excluding hydrogens is 204 g/mol. The maximum Gasteiger partial charge on any atom is 0.223 e. The minimum Gasteiger partial charge on any atom is -0.396 e. The Hall–Kier alpha value is -0.610. The number of hydrogen-bond donors (Lipinski definition) is 2. The van der Waals surface area contributed by atoms with Gasteiger partial charge in [0.05, 0.1) is 0 Å². The molecule has 0 aromatic carbocycles. The third-order valence-corrected chi connectivity index (χ3v) is 2.61. The number of aliphatic hydroxyl groups excluding tert-OH is 1. The van der Waals surface area contributed by atoms with Crippen LogP contribution in [0.2, 0.25) is 0 Å². The Morgan fingerprint density at radius 2 is 2.06 bits per heavy atom. The second-order valence-electron chi connectivity index (χ2n) is 4.26. The van der Waals surface area contributed by atoms with E-state index in [0.29, 0.717) is 6.42 Å². The van der Waals surface area contributed by atoms with E-state index >= 15 is 0 Å². The number of unbranched alkanes of at least 4 members (excludes halogenated alkanes) is 2. The fraction of sp³-hybridized carbons (Fsp3) is 0.917. The summed E-state index contributed by atoms with van der Waals surface area (Å²) in [5.74, 6) is 0.192. The lowest BCUT2D eigenvalue weighted by Crippen LogP contribution is -2.35. The predicted octanol–water partition coefficient (Wildman–Crippen LogP) is 0.995. The van der Waals surface area contributed by atoms with Crippen LogP contribution in [-0.4, -0.2) is 48.7 Å². The molecule has 4 heteroatoms. The van der Waals surface area contributed by atoms with Crippen molar-refractivity contribution in [2.75, 3.05) is 26.7 Å². The lowest BCUT2D eigenvalue weighted by Gasteiger charge is -2.19. The van der Waals surface area contributed by atoms with Crippen LogP contribution in [0.5, 0.6) is 0 Å². The molecule has 0 aromatic heterocycles. The second-order valence-corrected chi connectivity index (χ2v) is 4.26.